The van der Waals surface area contributed by atoms with Gasteiger partial charge < -0.3 is 14.6 Å². The summed E-state index contributed by atoms with van der Waals surface area (Å²) in [5.41, 5.74) is 1.18. The molecule has 0 bridgehead atoms. The van der Waals surface area contributed by atoms with E-state index in [9.17, 15) is 5.11 Å². The summed E-state index contributed by atoms with van der Waals surface area (Å²) in [6.07, 6.45) is 1.90. The molecular formula is C16H24ClNO3. The first-order valence-electron chi connectivity index (χ1n) is 7.44. The first-order valence-corrected chi connectivity index (χ1v) is 7.81. The van der Waals surface area contributed by atoms with E-state index < -0.39 is 6.10 Å². The Morgan fingerprint density at radius 2 is 2.19 bits per heavy atom. The van der Waals surface area contributed by atoms with Crippen LogP contribution in [0.4, 0.5) is 0 Å². The first-order chi connectivity index (χ1) is 10.1. The third-order valence-electron chi connectivity index (χ3n) is 3.53. The van der Waals surface area contributed by atoms with E-state index in [-0.39, 0.29) is 6.10 Å². The molecule has 118 valence electrons. The summed E-state index contributed by atoms with van der Waals surface area (Å²) in [5, 5.41) is 10.7. The number of benzene rings is 1. The smallest absolute Gasteiger partial charge is 0.0900 e. The molecule has 1 aliphatic heterocycles. The van der Waals surface area contributed by atoms with Gasteiger partial charge in [-0.05, 0) is 37.6 Å². The second kappa shape index (κ2) is 8.71. The minimum Gasteiger partial charge on any atom is -0.389 e. The van der Waals surface area contributed by atoms with Crippen molar-refractivity contribution in [2.45, 2.75) is 31.6 Å². The van der Waals surface area contributed by atoms with Crippen molar-refractivity contribution >= 4 is 11.6 Å². The number of halogens is 1. The summed E-state index contributed by atoms with van der Waals surface area (Å²) in [5.74, 6) is 0. The summed E-state index contributed by atoms with van der Waals surface area (Å²) in [4.78, 5) is 2.07. The predicted octanol–water partition coefficient (Wildman–Crippen LogP) is 2.33. The molecule has 21 heavy (non-hydrogen) atoms. The van der Waals surface area contributed by atoms with Crippen molar-refractivity contribution < 1.29 is 14.6 Å². The van der Waals surface area contributed by atoms with Crippen LogP contribution in [-0.2, 0) is 16.0 Å². The zero-order valence-corrected chi connectivity index (χ0v) is 13.3. The molecule has 0 amide bonds. The van der Waals surface area contributed by atoms with E-state index in [0.717, 1.165) is 31.0 Å². The van der Waals surface area contributed by atoms with E-state index in [1.54, 1.807) is 0 Å². The number of aliphatic hydroxyl groups excluding tert-OH is 1. The molecule has 1 aromatic carbocycles. The number of ether oxygens (including phenoxy) is 2. The van der Waals surface area contributed by atoms with Crippen molar-refractivity contribution in [1.82, 2.24) is 4.90 Å². The SMILES string of the molecule is CN(Cc1ccc(Cl)cc1)CC(O)COCC1CCCO1. The molecule has 5 heteroatoms. The molecule has 0 aliphatic carbocycles. The summed E-state index contributed by atoms with van der Waals surface area (Å²) in [7, 11) is 1.98. The summed E-state index contributed by atoms with van der Waals surface area (Å²) in [6, 6.07) is 7.76. The Hall–Kier alpha value is -0.650. The highest BCUT2D eigenvalue weighted by atomic mass is 35.5. The van der Waals surface area contributed by atoms with Crippen LogP contribution in [0.25, 0.3) is 0 Å². The minimum absolute atomic E-state index is 0.212. The van der Waals surface area contributed by atoms with Gasteiger partial charge in [0, 0.05) is 24.7 Å². The van der Waals surface area contributed by atoms with Gasteiger partial charge in [-0.2, -0.15) is 0 Å². The van der Waals surface area contributed by atoms with Crippen molar-refractivity contribution in [2.24, 2.45) is 0 Å². The Balaban J connectivity index is 1.62. The molecule has 1 saturated heterocycles. The number of aliphatic hydroxyl groups is 1. The molecule has 1 N–H and O–H groups in total. The molecular weight excluding hydrogens is 290 g/mol. The van der Waals surface area contributed by atoms with Gasteiger partial charge in [0.15, 0.2) is 0 Å². The highest BCUT2D eigenvalue weighted by molar-refractivity contribution is 6.30. The van der Waals surface area contributed by atoms with E-state index in [0.29, 0.717) is 19.8 Å². The maximum absolute atomic E-state index is 9.99. The highest BCUT2D eigenvalue weighted by Gasteiger charge is 2.16. The van der Waals surface area contributed by atoms with Crippen molar-refractivity contribution in [3.05, 3.63) is 34.9 Å². The minimum atomic E-state index is -0.483. The molecule has 2 rings (SSSR count). The van der Waals surface area contributed by atoms with Crippen LogP contribution in [0, 0.1) is 0 Å². The predicted molar refractivity (Wildman–Crippen MR) is 83.6 cm³/mol. The Labute approximate surface area is 131 Å². The molecule has 1 aromatic rings. The number of hydrogen-bond donors (Lipinski definition) is 1. The normalized spacial score (nSPS) is 20.1. The Kier molecular flexibility index (Phi) is 6.93. The van der Waals surface area contributed by atoms with E-state index in [4.69, 9.17) is 21.1 Å². The molecule has 0 saturated carbocycles. The molecule has 1 heterocycles. The van der Waals surface area contributed by atoms with Gasteiger partial charge in [0.2, 0.25) is 0 Å². The van der Waals surface area contributed by atoms with Gasteiger partial charge in [-0.3, -0.25) is 4.90 Å². The van der Waals surface area contributed by atoms with Crippen LogP contribution < -0.4 is 0 Å². The molecule has 1 fully saturated rings. The highest BCUT2D eigenvalue weighted by Crippen LogP contribution is 2.13. The standard InChI is InChI=1S/C16H24ClNO3/c1-18(9-13-4-6-14(17)7-5-13)10-15(19)11-20-12-16-3-2-8-21-16/h4-7,15-16,19H,2-3,8-12H2,1H3. The first kappa shape index (κ1) is 16.7. The Morgan fingerprint density at radius 3 is 2.86 bits per heavy atom. The van der Waals surface area contributed by atoms with Crippen molar-refractivity contribution in [3.63, 3.8) is 0 Å². The number of rotatable bonds is 8. The van der Waals surface area contributed by atoms with E-state index in [1.165, 1.54) is 5.56 Å². The number of hydrogen-bond acceptors (Lipinski definition) is 4. The third kappa shape index (κ3) is 6.32. The average molecular weight is 314 g/mol. The van der Waals surface area contributed by atoms with Gasteiger partial charge >= 0.3 is 0 Å². The fourth-order valence-electron chi connectivity index (χ4n) is 2.49. The monoisotopic (exact) mass is 313 g/mol. The zero-order valence-electron chi connectivity index (χ0n) is 12.5. The van der Waals surface area contributed by atoms with Gasteiger partial charge in [0.1, 0.15) is 0 Å². The third-order valence-corrected chi connectivity index (χ3v) is 3.78. The quantitative estimate of drug-likeness (QED) is 0.800. The summed E-state index contributed by atoms with van der Waals surface area (Å²) in [6.45, 7) is 3.12. The second-order valence-corrected chi connectivity index (χ2v) is 6.09. The fourth-order valence-corrected chi connectivity index (χ4v) is 2.62. The molecule has 0 spiro atoms. The lowest BCUT2D eigenvalue weighted by atomic mass is 10.2. The maximum atomic E-state index is 9.99. The molecule has 2 atom stereocenters. The van der Waals surface area contributed by atoms with Crippen LogP contribution in [0.15, 0.2) is 24.3 Å². The van der Waals surface area contributed by atoms with Crippen LogP contribution in [0.1, 0.15) is 18.4 Å². The van der Waals surface area contributed by atoms with Crippen LogP contribution in [0.2, 0.25) is 5.02 Å². The van der Waals surface area contributed by atoms with Crippen LogP contribution in [0.5, 0.6) is 0 Å². The van der Waals surface area contributed by atoms with E-state index >= 15 is 0 Å². The average Bonchev–Trinajstić information content (AvgIpc) is 2.94. The van der Waals surface area contributed by atoms with Crippen LogP contribution in [0.3, 0.4) is 0 Å². The lowest BCUT2D eigenvalue weighted by molar-refractivity contribution is -0.0238. The van der Waals surface area contributed by atoms with E-state index in [2.05, 4.69) is 4.90 Å². The van der Waals surface area contributed by atoms with Gasteiger partial charge in [0.25, 0.3) is 0 Å². The molecule has 4 nitrogen and oxygen atoms in total. The van der Waals surface area contributed by atoms with Crippen molar-refractivity contribution in [1.29, 1.82) is 0 Å². The Morgan fingerprint density at radius 1 is 1.43 bits per heavy atom. The molecule has 0 radical (unpaired) electrons. The van der Waals surface area contributed by atoms with Gasteiger partial charge in [-0.1, -0.05) is 23.7 Å². The lowest BCUT2D eigenvalue weighted by Gasteiger charge is -2.21. The van der Waals surface area contributed by atoms with Crippen molar-refractivity contribution in [3.8, 4) is 0 Å². The van der Waals surface area contributed by atoms with Crippen LogP contribution in [-0.4, -0.2) is 55.6 Å². The molecule has 0 aromatic heterocycles. The lowest BCUT2D eigenvalue weighted by Crippen LogP contribution is -2.32. The second-order valence-electron chi connectivity index (χ2n) is 5.65. The zero-order chi connectivity index (χ0) is 15.1. The van der Waals surface area contributed by atoms with Crippen molar-refractivity contribution in [2.75, 3.05) is 33.4 Å². The largest absolute Gasteiger partial charge is 0.389 e. The number of nitrogens with zero attached hydrogens (tertiary/aromatic N) is 1. The maximum Gasteiger partial charge on any atom is 0.0900 e. The fraction of sp³-hybridized carbons (Fsp3) is 0.625. The summed E-state index contributed by atoms with van der Waals surface area (Å²) < 4.78 is 11.0. The topological polar surface area (TPSA) is 41.9 Å². The van der Waals surface area contributed by atoms with Gasteiger partial charge in [0.05, 0.1) is 25.4 Å². The van der Waals surface area contributed by atoms with Gasteiger partial charge in [-0.25, -0.2) is 0 Å². The van der Waals surface area contributed by atoms with E-state index in [1.807, 2.05) is 31.3 Å². The van der Waals surface area contributed by atoms with Gasteiger partial charge in [-0.15, -0.1) is 0 Å². The van der Waals surface area contributed by atoms with Crippen LogP contribution >= 0.6 is 11.6 Å². The number of likely N-dealkylation sites (N-methyl/N-ethyl adjacent to an activating group) is 1. The molecule has 2 unspecified atom stereocenters. The molecule has 1 aliphatic rings. The Bertz CT molecular complexity index is 406. The summed E-state index contributed by atoms with van der Waals surface area (Å²) >= 11 is 5.86.